The van der Waals surface area contributed by atoms with Crippen molar-refractivity contribution in [2.24, 2.45) is 17.3 Å². The van der Waals surface area contributed by atoms with Crippen molar-refractivity contribution >= 4 is 6.09 Å². The molecule has 1 amide bonds. The zero-order chi connectivity index (χ0) is 41.9. The number of carbonyl (C=O) groups is 1. The molecule has 0 spiro atoms. The Hall–Kier alpha value is -2.50. The van der Waals surface area contributed by atoms with Gasteiger partial charge in [0.05, 0.1) is 19.3 Å². The average molecular weight is 832 g/mol. The number of piperazine rings is 1. The molecule has 326 valence electrons. The number of hydrogen-bond donors (Lipinski definition) is 1. The fraction of sp³-hybridized carbons (Fsp3) is 0.825. The Morgan fingerprint density at radius 3 is 2.05 bits per heavy atom. The summed E-state index contributed by atoms with van der Waals surface area (Å²) in [4.78, 5) is 16.7. The standard InChI is InChI=1S/C40H58F9N3O5/c1-35(2,3)57-34(53)50-16-5-17-51-19-21-52(22-20-51)18-6-23-54-28-9-11-29-27(26-28)8-10-31-30(29)14-15-36(4)32(31)12-13-33(36)55-24-7-25-56-37(38(41,42)43,39(44,45)46)40(47,48)49/h9,11,26,30-33H,5-8,10,12-25H2,1-4H3,(H,50,53)/t30?,31?,32?,33-,36-/m0/s1. The van der Waals surface area contributed by atoms with Gasteiger partial charge in [0.2, 0.25) is 0 Å². The molecule has 0 bridgehead atoms. The number of ether oxygens (including phenoxy) is 4. The molecule has 5 atom stereocenters. The number of alkyl carbamates (subject to hydrolysis) is 1. The third kappa shape index (κ3) is 10.6. The molecule has 0 radical (unpaired) electrons. The predicted octanol–water partition coefficient (Wildman–Crippen LogP) is 9.06. The Morgan fingerprint density at radius 1 is 0.807 bits per heavy atom. The van der Waals surface area contributed by atoms with Crippen molar-refractivity contribution in [3.05, 3.63) is 29.3 Å². The summed E-state index contributed by atoms with van der Waals surface area (Å²) in [7, 11) is 0. The number of alkyl halides is 9. The summed E-state index contributed by atoms with van der Waals surface area (Å²) in [6, 6.07) is 6.38. The van der Waals surface area contributed by atoms with E-state index in [4.69, 9.17) is 14.2 Å². The largest absolute Gasteiger partial charge is 0.494 e. The van der Waals surface area contributed by atoms with E-state index in [1.54, 1.807) is 0 Å². The molecule has 3 aliphatic carbocycles. The summed E-state index contributed by atoms with van der Waals surface area (Å²) >= 11 is 0. The molecule has 1 N–H and O–H groups in total. The van der Waals surface area contributed by atoms with Crippen LogP contribution in [-0.4, -0.2) is 117 Å². The number of halogens is 9. The molecule has 3 unspecified atom stereocenters. The van der Waals surface area contributed by atoms with Crippen LogP contribution in [-0.2, 0) is 20.6 Å². The highest BCUT2D eigenvalue weighted by Gasteiger charge is 2.85. The van der Waals surface area contributed by atoms with Crippen LogP contribution >= 0.6 is 0 Å². The number of nitrogens with one attached hydrogen (secondary N) is 1. The second-order valence-corrected chi connectivity index (χ2v) is 17.3. The van der Waals surface area contributed by atoms with E-state index >= 15 is 0 Å². The Kier molecular flexibility index (Phi) is 14.4. The number of fused-ring (bicyclic) bond motifs is 5. The maximum Gasteiger partial charge on any atom is 0.435 e. The number of carbonyl (C=O) groups excluding carboxylic acids is 1. The molecule has 8 nitrogen and oxygen atoms in total. The van der Waals surface area contributed by atoms with Crippen LogP contribution in [0.4, 0.5) is 44.3 Å². The number of amides is 1. The quantitative estimate of drug-likeness (QED) is 0.140. The number of rotatable bonds is 15. The summed E-state index contributed by atoms with van der Waals surface area (Å²) in [5.41, 5.74) is -4.42. The Balaban J connectivity index is 1.01. The first-order valence-corrected chi connectivity index (χ1v) is 20.2. The summed E-state index contributed by atoms with van der Waals surface area (Å²) < 4.78 is 140. The van der Waals surface area contributed by atoms with Gasteiger partial charge in [-0.15, -0.1) is 0 Å². The van der Waals surface area contributed by atoms with Crippen LogP contribution < -0.4 is 10.1 Å². The van der Waals surface area contributed by atoms with Crippen molar-refractivity contribution in [2.75, 3.05) is 65.6 Å². The Morgan fingerprint density at radius 2 is 1.44 bits per heavy atom. The van der Waals surface area contributed by atoms with Crippen molar-refractivity contribution in [2.45, 2.75) is 127 Å². The predicted molar refractivity (Wildman–Crippen MR) is 194 cm³/mol. The average Bonchev–Trinajstić information content (AvgIpc) is 3.44. The van der Waals surface area contributed by atoms with Crippen molar-refractivity contribution < 1.29 is 63.3 Å². The molecule has 1 aromatic rings. The zero-order valence-corrected chi connectivity index (χ0v) is 33.3. The lowest BCUT2D eigenvalue weighted by molar-refractivity contribution is -0.457. The van der Waals surface area contributed by atoms with E-state index in [2.05, 4.69) is 38.9 Å². The van der Waals surface area contributed by atoms with Crippen LogP contribution in [0.1, 0.15) is 96.1 Å². The molecule has 4 aliphatic rings. The lowest BCUT2D eigenvalue weighted by atomic mass is 9.55. The van der Waals surface area contributed by atoms with Gasteiger partial charge in [-0.05, 0) is 132 Å². The monoisotopic (exact) mass is 831 g/mol. The van der Waals surface area contributed by atoms with E-state index < -0.39 is 42.8 Å². The first-order chi connectivity index (χ1) is 26.6. The van der Waals surface area contributed by atoms with Crippen LogP contribution in [0.3, 0.4) is 0 Å². The maximum absolute atomic E-state index is 13.2. The second-order valence-electron chi connectivity index (χ2n) is 17.3. The summed E-state index contributed by atoms with van der Waals surface area (Å²) in [5.74, 6) is 1.90. The van der Waals surface area contributed by atoms with E-state index in [0.29, 0.717) is 37.3 Å². The van der Waals surface area contributed by atoms with Gasteiger partial charge in [0.15, 0.2) is 0 Å². The fourth-order valence-electron chi connectivity index (χ4n) is 9.63. The highest BCUT2D eigenvalue weighted by atomic mass is 19.4. The van der Waals surface area contributed by atoms with Crippen LogP contribution in [0.5, 0.6) is 5.75 Å². The van der Waals surface area contributed by atoms with Crippen molar-refractivity contribution in [3.63, 3.8) is 0 Å². The second kappa shape index (κ2) is 18.0. The highest BCUT2D eigenvalue weighted by Crippen LogP contribution is 2.62. The summed E-state index contributed by atoms with van der Waals surface area (Å²) in [5, 5.41) is 2.81. The smallest absolute Gasteiger partial charge is 0.435 e. The topological polar surface area (TPSA) is 72.5 Å². The number of benzene rings is 1. The van der Waals surface area contributed by atoms with Gasteiger partial charge in [-0.1, -0.05) is 13.0 Å². The molecule has 0 aromatic heterocycles. The van der Waals surface area contributed by atoms with Gasteiger partial charge in [-0.3, -0.25) is 0 Å². The fourth-order valence-corrected chi connectivity index (χ4v) is 9.63. The molecule has 1 saturated heterocycles. The molecule has 57 heavy (non-hydrogen) atoms. The SMILES string of the molecule is CC(C)(C)OC(=O)NCCCN1CCN(CCCOc2ccc3c(c2)CCC2C3CC[C@@]3(C)C2CC[C@@H]3OCCCOC(C(F)(F)F)(C(F)(F)F)C(F)(F)F)CC1. The van der Waals surface area contributed by atoms with E-state index in [1.807, 2.05) is 26.8 Å². The van der Waals surface area contributed by atoms with Crippen LogP contribution in [0.25, 0.3) is 0 Å². The van der Waals surface area contributed by atoms with Gasteiger partial charge < -0.3 is 34.1 Å². The van der Waals surface area contributed by atoms with E-state index in [1.165, 1.54) is 11.1 Å². The lowest BCUT2D eigenvalue weighted by Crippen LogP contribution is -2.67. The van der Waals surface area contributed by atoms with Crippen molar-refractivity contribution in [1.29, 1.82) is 0 Å². The van der Waals surface area contributed by atoms with Crippen LogP contribution in [0.2, 0.25) is 0 Å². The molecule has 1 heterocycles. The highest BCUT2D eigenvalue weighted by molar-refractivity contribution is 5.67. The molecule has 1 aliphatic heterocycles. The van der Waals surface area contributed by atoms with E-state index in [-0.39, 0.29) is 24.2 Å². The van der Waals surface area contributed by atoms with Gasteiger partial charge in [-0.2, -0.15) is 39.5 Å². The molecule has 17 heteroatoms. The normalized spacial score (nSPS) is 26.4. The van der Waals surface area contributed by atoms with Crippen molar-refractivity contribution in [1.82, 2.24) is 15.1 Å². The van der Waals surface area contributed by atoms with Gasteiger partial charge in [0.25, 0.3) is 0 Å². The Bertz CT molecular complexity index is 1440. The van der Waals surface area contributed by atoms with E-state index in [0.717, 1.165) is 90.0 Å². The van der Waals surface area contributed by atoms with Gasteiger partial charge in [0, 0.05) is 45.9 Å². The number of nitrogens with zero attached hydrogens (tertiary/aromatic N) is 2. The number of hydrogen-bond acceptors (Lipinski definition) is 7. The summed E-state index contributed by atoms with van der Waals surface area (Å²) in [6.45, 7) is 12.9. The van der Waals surface area contributed by atoms with Crippen molar-refractivity contribution in [3.8, 4) is 5.75 Å². The molecular weight excluding hydrogens is 773 g/mol. The van der Waals surface area contributed by atoms with Crippen LogP contribution in [0.15, 0.2) is 18.2 Å². The molecular formula is C40H58F9N3O5. The third-order valence-electron chi connectivity index (χ3n) is 12.4. The summed E-state index contributed by atoms with van der Waals surface area (Å²) in [6.07, 6.45) is -14.6. The molecule has 3 fully saturated rings. The molecule has 2 saturated carbocycles. The molecule has 1 aromatic carbocycles. The van der Waals surface area contributed by atoms with Gasteiger partial charge in [-0.25, -0.2) is 4.79 Å². The van der Waals surface area contributed by atoms with E-state index in [9.17, 15) is 44.3 Å². The maximum atomic E-state index is 13.2. The zero-order valence-electron chi connectivity index (χ0n) is 33.3. The first-order valence-electron chi connectivity index (χ1n) is 20.2. The first kappa shape index (κ1) is 45.6. The van der Waals surface area contributed by atoms with Gasteiger partial charge >= 0.3 is 30.2 Å². The minimum atomic E-state index is -6.74. The minimum Gasteiger partial charge on any atom is -0.494 e. The van der Waals surface area contributed by atoms with Gasteiger partial charge in [0.1, 0.15) is 11.4 Å². The Labute approximate surface area is 329 Å². The molecule has 5 rings (SSSR count). The lowest BCUT2D eigenvalue weighted by Gasteiger charge is -2.50. The third-order valence-corrected chi connectivity index (χ3v) is 12.4. The number of aryl methyl sites for hydroxylation is 1. The van der Waals surface area contributed by atoms with Crippen LogP contribution in [0, 0.1) is 17.3 Å². The minimum absolute atomic E-state index is 0.260.